The molecule has 2 aliphatic heterocycles. The number of nitrogens with zero attached hydrogens (tertiary/aromatic N) is 2. The highest BCUT2D eigenvalue weighted by Gasteiger charge is 2.51. The Hall–Kier alpha value is -2.69. The largest absolute Gasteiger partial charge is 0.375 e. The fraction of sp³-hybridized carbons (Fsp3) is 0.375. The first-order chi connectivity index (χ1) is 15.1. The zero-order valence-electron chi connectivity index (χ0n) is 16.9. The number of amides is 1. The average molecular weight is 436 g/mol. The fourth-order valence-electron chi connectivity index (χ4n) is 4.51. The van der Waals surface area contributed by atoms with Crippen LogP contribution in [-0.4, -0.2) is 29.5 Å². The lowest BCUT2D eigenvalue weighted by molar-refractivity contribution is -0.0664. The Balaban J connectivity index is 1.52. The van der Waals surface area contributed by atoms with Crippen LogP contribution in [0.2, 0.25) is 0 Å². The number of benzene rings is 2. The minimum atomic E-state index is -0.944. The van der Waals surface area contributed by atoms with Crippen molar-refractivity contribution in [1.82, 2.24) is 5.32 Å². The van der Waals surface area contributed by atoms with Crippen LogP contribution in [0.5, 0.6) is 0 Å². The molecule has 1 saturated heterocycles. The van der Waals surface area contributed by atoms with E-state index in [4.69, 9.17) is 16.3 Å². The molecule has 0 aromatic heterocycles. The van der Waals surface area contributed by atoms with Gasteiger partial charge in [0.2, 0.25) is 0 Å². The van der Waals surface area contributed by atoms with Crippen molar-refractivity contribution in [3.8, 4) is 0 Å². The fourth-order valence-corrected chi connectivity index (χ4v) is 5.67. The summed E-state index contributed by atoms with van der Waals surface area (Å²) in [6.07, 6.45) is 3.35. The summed E-state index contributed by atoms with van der Waals surface area (Å²) in [6.45, 7) is 7.61. The normalized spacial score (nSPS) is 27.5. The molecule has 31 heavy (non-hydrogen) atoms. The predicted molar refractivity (Wildman–Crippen MR) is 119 cm³/mol. The Kier molecular flexibility index (Phi) is 5.28. The lowest BCUT2D eigenvalue weighted by Crippen LogP contribution is -2.51. The number of amidine groups is 1. The van der Waals surface area contributed by atoms with E-state index in [1.807, 2.05) is 6.07 Å². The molecule has 0 radical (unpaired) electrons. The summed E-state index contributed by atoms with van der Waals surface area (Å²) in [4.78, 5) is 21.1. The molecule has 1 amide bonds. The van der Waals surface area contributed by atoms with Gasteiger partial charge in [-0.3, -0.25) is 4.79 Å². The quantitative estimate of drug-likeness (QED) is 0.697. The number of rotatable bonds is 3. The van der Waals surface area contributed by atoms with Crippen molar-refractivity contribution >= 4 is 28.5 Å². The van der Waals surface area contributed by atoms with Crippen LogP contribution in [0.1, 0.15) is 35.2 Å². The van der Waals surface area contributed by atoms with E-state index in [2.05, 4.69) is 10.2 Å². The molecule has 5 rings (SSSR count). The standard InChI is InChI=1S/C24H22FN3O2S/c1-26-18-9-10-20(25)19(12-18)24-14-30-21(15-7-8-15)11-17(24)13-31-23(28-24)27-22(29)16-5-3-2-4-6-16/h2-6,9-10,12,15,17,21H,7-8,11,13-14H2,(H,27,28,29)/t17-,21+,24-/m0/s1. The van der Waals surface area contributed by atoms with Gasteiger partial charge in [-0.15, -0.1) is 0 Å². The lowest BCUT2D eigenvalue weighted by Gasteiger charge is -2.47. The zero-order chi connectivity index (χ0) is 21.4. The molecule has 2 aromatic rings. The molecule has 7 heteroatoms. The SMILES string of the molecule is [C-]#[N+]c1ccc(F)c([C@]23CO[C@@H](C4CC4)C[C@H]2CSC(NC(=O)c2ccccc2)=N3)c1. The molecule has 0 bridgehead atoms. The Labute approximate surface area is 184 Å². The Morgan fingerprint density at radius 3 is 2.81 bits per heavy atom. The van der Waals surface area contributed by atoms with Crippen LogP contribution in [0.15, 0.2) is 53.5 Å². The summed E-state index contributed by atoms with van der Waals surface area (Å²) in [5, 5.41) is 3.36. The highest BCUT2D eigenvalue weighted by molar-refractivity contribution is 8.13. The monoisotopic (exact) mass is 435 g/mol. The van der Waals surface area contributed by atoms with E-state index in [0.717, 1.165) is 6.42 Å². The van der Waals surface area contributed by atoms with E-state index in [9.17, 15) is 4.79 Å². The van der Waals surface area contributed by atoms with Crippen molar-refractivity contribution in [3.05, 3.63) is 76.9 Å². The molecule has 0 unspecified atom stereocenters. The molecule has 5 nitrogen and oxygen atoms in total. The zero-order valence-corrected chi connectivity index (χ0v) is 17.7. The van der Waals surface area contributed by atoms with Crippen molar-refractivity contribution < 1.29 is 13.9 Å². The third kappa shape index (κ3) is 3.86. The van der Waals surface area contributed by atoms with Crippen LogP contribution in [-0.2, 0) is 10.3 Å². The van der Waals surface area contributed by atoms with Crippen LogP contribution in [0.3, 0.4) is 0 Å². The van der Waals surface area contributed by atoms with Gasteiger partial charge in [-0.1, -0.05) is 36.0 Å². The first-order valence-electron chi connectivity index (χ1n) is 10.5. The van der Waals surface area contributed by atoms with Crippen molar-refractivity contribution in [2.75, 3.05) is 12.4 Å². The van der Waals surface area contributed by atoms with Gasteiger partial charge in [0.05, 0.1) is 19.3 Å². The second-order valence-electron chi connectivity index (χ2n) is 8.37. The van der Waals surface area contributed by atoms with Crippen molar-refractivity contribution in [2.45, 2.75) is 30.9 Å². The predicted octanol–water partition coefficient (Wildman–Crippen LogP) is 4.92. The molecule has 158 valence electrons. The molecule has 2 fully saturated rings. The van der Waals surface area contributed by atoms with Crippen molar-refractivity contribution in [3.63, 3.8) is 0 Å². The van der Waals surface area contributed by atoms with Gasteiger partial charge in [0.25, 0.3) is 5.91 Å². The molecular formula is C24H22FN3O2S. The van der Waals surface area contributed by atoms with Crippen LogP contribution in [0, 0.1) is 24.2 Å². The number of ether oxygens (including phenoxy) is 1. The van der Waals surface area contributed by atoms with Crippen molar-refractivity contribution in [2.24, 2.45) is 16.8 Å². The maximum atomic E-state index is 15.1. The molecule has 1 saturated carbocycles. The second kappa shape index (κ2) is 8.10. The molecule has 1 N–H and O–H groups in total. The third-order valence-corrected chi connectivity index (χ3v) is 7.42. The average Bonchev–Trinajstić information content (AvgIpc) is 3.65. The highest BCUT2D eigenvalue weighted by atomic mass is 32.2. The number of hydrogen-bond acceptors (Lipinski definition) is 4. The Bertz CT molecular complexity index is 1080. The van der Waals surface area contributed by atoms with E-state index in [-0.39, 0.29) is 24.5 Å². The summed E-state index contributed by atoms with van der Waals surface area (Å²) >= 11 is 1.49. The van der Waals surface area contributed by atoms with Gasteiger partial charge < -0.3 is 10.1 Å². The summed E-state index contributed by atoms with van der Waals surface area (Å²) in [5.74, 6) is 0.733. The maximum Gasteiger partial charge on any atom is 0.257 e. The number of fused-ring (bicyclic) bond motifs is 1. The second-order valence-corrected chi connectivity index (χ2v) is 9.38. The first-order valence-corrected chi connectivity index (χ1v) is 11.5. The smallest absolute Gasteiger partial charge is 0.257 e. The third-order valence-electron chi connectivity index (χ3n) is 6.38. The minimum Gasteiger partial charge on any atom is -0.375 e. The Morgan fingerprint density at radius 2 is 2.06 bits per heavy atom. The van der Waals surface area contributed by atoms with Gasteiger partial charge in [0.1, 0.15) is 11.4 Å². The summed E-state index contributed by atoms with van der Waals surface area (Å²) < 4.78 is 21.3. The molecular weight excluding hydrogens is 413 g/mol. The number of carbonyl (C=O) groups excluding carboxylic acids is 1. The molecule has 2 aromatic carbocycles. The minimum absolute atomic E-state index is 0.0738. The number of thioether (sulfide) groups is 1. The van der Waals surface area contributed by atoms with Crippen LogP contribution >= 0.6 is 11.8 Å². The summed E-state index contributed by atoms with van der Waals surface area (Å²) in [5.41, 5.74) is 0.349. The summed E-state index contributed by atoms with van der Waals surface area (Å²) in [6, 6.07) is 13.4. The molecule has 1 aliphatic carbocycles. The molecule has 0 spiro atoms. The maximum absolute atomic E-state index is 15.1. The van der Waals surface area contributed by atoms with E-state index in [0.29, 0.717) is 33.7 Å². The van der Waals surface area contributed by atoms with E-state index in [1.54, 1.807) is 30.3 Å². The van der Waals surface area contributed by atoms with E-state index in [1.165, 1.54) is 36.7 Å². The van der Waals surface area contributed by atoms with Crippen LogP contribution in [0.4, 0.5) is 10.1 Å². The van der Waals surface area contributed by atoms with Gasteiger partial charge >= 0.3 is 0 Å². The number of halogens is 1. The Morgan fingerprint density at radius 1 is 1.26 bits per heavy atom. The van der Waals surface area contributed by atoms with Crippen LogP contribution < -0.4 is 5.32 Å². The first kappa shape index (κ1) is 20.2. The van der Waals surface area contributed by atoms with Gasteiger partial charge in [-0.2, -0.15) is 0 Å². The van der Waals surface area contributed by atoms with Crippen molar-refractivity contribution in [1.29, 1.82) is 0 Å². The topological polar surface area (TPSA) is 55.0 Å². The highest BCUT2D eigenvalue weighted by Crippen LogP contribution is 2.51. The molecule has 3 aliphatic rings. The number of nitrogens with one attached hydrogen (secondary N) is 1. The van der Waals surface area contributed by atoms with Crippen LogP contribution in [0.25, 0.3) is 4.85 Å². The van der Waals surface area contributed by atoms with Gasteiger partial charge in [0, 0.05) is 22.8 Å². The van der Waals surface area contributed by atoms with Gasteiger partial charge in [-0.05, 0) is 49.4 Å². The number of hydrogen-bond donors (Lipinski definition) is 1. The number of carbonyl (C=O) groups is 1. The van der Waals surface area contributed by atoms with E-state index >= 15 is 4.39 Å². The van der Waals surface area contributed by atoms with Gasteiger partial charge in [-0.25, -0.2) is 14.2 Å². The van der Waals surface area contributed by atoms with Gasteiger partial charge in [0.15, 0.2) is 10.9 Å². The number of aliphatic imine (C=N–C) groups is 1. The lowest BCUT2D eigenvalue weighted by atomic mass is 9.74. The summed E-state index contributed by atoms with van der Waals surface area (Å²) in [7, 11) is 0. The molecule has 3 atom stereocenters. The van der Waals surface area contributed by atoms with E-state index < -0.39 is 11.4 Å². The molecule has 2 heterocycles.